The number of nitrogens with one attached hydrogen (secondary N) is 3. The molecule has 0 spiro atoms. The van der Waals surface area contributed by atoms with Crippen LogP contribution in [0.2, 0.25) is 0 Å². The second-order valence-corrected chi connectivity index (χ2v) is 11.1. The highest BCUT2D eigenvalue weighted by Crippen LogP contribution is 2.24. The largest absolute Gasteiger partial charge is 0.508 e. The fourth-order valence-corrected chi connectivity index (χ4v) is 4.66. The topological polar surface area (TPSA) is 191 Å². The molecule has 252 valence electrons. The summed E-state index contributed by atoms with van der Waals surface area (Å²) in [7, 11) is 1.66. The Morgan fingerprint density at radius 1 is 1.00 bits per heavy atom. The fraction of sp³-hybridized carbons (Fsp3) is 0.452. The molecule has 1 fully saturated rings. The van der Waals surface area contributed by atoms with E-state index in [0.29, 0.717) is 19.4 Å². The number of carboxylic acids is 1. The van der Waals surface area contributed by atoms with Gasteiger partial charge < -0.3 is 36.8 Å². The first-order valence-electron chi connectivity index (χ1n) is 14.5. The maximum absolute atomic E-state index is 13.5. The Hall–Kier alpha value is -4.66. The van der Waals surface area contributed by atoms with Crippen LogP contribution in [0.1, 0.15) is 39.2 Å². The number of carbonyl (C=O) groups excluding carboxylic acids is 4. The van der Waals surface area contributed by atoms with E-state index in [9.17, 15) is 37.5 Å². The first kappa shape index (κ1) is 37.5. The number of nitrogens with zero attached hydrogens (tertiary/aromatic N) is 1. The molecule has 0 saturated carbocycles. The summed E-state index contributed by atoms with van der Waals surface area (Å²) in [4.78, 5) is 61.9. The van der Waals surface area contributed by atoms with Crippen molar-refractivity contribution < 1.29 is 47.4 Å². The number of nitrogens with two attached hydrogens (primary N) is 1. The smallest absolute Gasteiger partial charge is 0.490 e. The van der Waals surface area contributed by atoms with E-state index in [1.807, 2.05) is 38.1 Å². The molecule has 0 radical (unpaired) electrons. The maximum atomic E-state index is 13.5. The quantitative estimate of drug-likeness (QED) is 0.212. The van der Waals surface area contributed by atoms with Crippen molar-refractivity contribution in [1.29, 1.82) is 0 Å². The number of carbonyl (C=O) groups is 5. The Labute approximate surface area is 264 Å². The van der Waals surface area contributed by atoms with E-state index in [1.165, 1.54) is 4.90 Å². The van der Waals surface area contributed by atoms with Crippen LogP contribution in [-0.2, 0) is 30.4 Å². The number of alkyl halides is 3. The van der Waals surface area contributed by atoms with Gasteiger partial charge in [0.25, 0.3) is 0 Å². The summed E-state index contributed by atoms with van der Waals surface area (Å²) in [5, 5.41) is 25.1. The molecular formula is C31H40F3N5O7. The average Bonchev–Trinajstić information content (AvgIpc) is 3.49. The number of aliphatic carboxylic acids is 1. The molecule has 0 bridgehead atoms. The molecule has 1 saturated heterocycles. The van der Waals surface area contributed by atoms with Gasteiger partial charge in [-0.3, -0.25) is 19.2 Å². The van der Waals surface area contributed by atoms with Crippen LogP contribution in [0.15, 0.2) is 48.5 Å². The van der Waals surface area contributed by atoms with Gasteiger partial charge in [-0.2, -0.15) is 13.2 Å². The summed E-state index contributed by atoms with van der Waals surface area (Å²) in [5.41, 5.74) is 8.24. The lowest BCUT2D eigenvalue weighted by molar-refractivity contribution is -0.192. The molecule has 1 heterocycles. The van der Waals surface area contributed by atoms with Crippen LogP contribution in [0.25, 0.3) is 11.1 Å². The number of aromatic hydroxyl groups is 1. The normalized spacial score (nSPS) is 16.4. The Morgan fingerprint density at radius 2 is 1.61 bits per heavy atom. The number of hydrogen-bond acceptors (Lipinski definition) is 7. The number of rotatable bonds is 11. The van der Waals surface area contributed by atoms with Gasteiger partial charge in [0.05, 0.1) is 6.04 Å². The molecule has 2 aromatic carbocycles. The minimum absolute atomic E-state index is 0.167. The van der Waals surface area contributed by atoms with E-state index < -0.39 is 48.1 Å². The summed E-state index contributed by atoms with van der Waals surface area (Å²) in [5.74, 6) is -4.52. The zero-order valence-corrected chi connectivity index (χ0v) is 25.9. The van der Waals surface area contributed by atoms with Gasteiger partial charge in [-0.1, -0.05) is 50.2 Å². The molecule has 46 heavy (non-hydrogen) atoms. The van der Waals surface area contributed by atoms with Gasteiger partial charge in [-0.15, -0.1) is 0 Å². The Bertz CT molecular complexity index is 1390. The molecule has 3 rings (SSSR count). The lowest BCUT2D eigenvalue weighted by Gasteiger charge is -2.31. The number of amides is 4. The van der Waals surface area contributed by atoms with Gasteiger partial charge in [0, 0.05) is 13.0 Å². The lowest BCUT2D eigenvalue weighted by Crippen LogP contribution is -2.58. The first-order chi connectivity index (χ1) is 21.5. The molecule has 4 amide bonds. The third kappa shape index (κ3) is 10.8. The number of phenolic OH excluding ortho intramolecular Hbond substituents is 1. The van der Waals surface area contributed by atoms with Crippen LogP contribution in [0.3, 0.4) is 0 Å². The van der Waals surface area contributed by atoms with E-state index in [4.69, 9.17) is 15.6 Å². The predicted octanol–water partition coefficient (Wildman–Crippen LogP) is 1.94. The summed E-state index contributed by atoms with van der Waals surface area (Å²) >= 11 is 0. The molecule has 1 aliphatic rings. The van der Waals surface area contributed by atoms with E-state index in [0.717, 1.165) is 16.7 Å². The number of halogens is 3. The monoisotopic (exact) mass is 651 g/mol. The van der Waals surface area contributed by atoms with Crippen LogP contribution < -0.4 is 21.7 Å². The van der Waals surface area contributed by atoms with Crippen molar-refractivity contribution in [3.05, 3.63) is 54.1 Å². The zero-order chi connectivity index (χ0) is 34.8. The maximum Gasteiger partial charge on any atom is 0.490 e. The highest BCUT2D eigenvalue weighted by Gasteiger charge is 2.40. The summed E-state index contributed by atoms with van der Waals surface area (Å²) < 4.78 is 31.7. The van der Waals surface area contributed by atoms with Gasteiger partial charge in [0.15, 0.2) is 0 Å². The van der Waals surface area contributed by atoms with Gasteiger partial charge in [0.1, 0.15) is 23.9 Å². The van der Waals surface area contributed by atoms with E-state index in [2.05, 4.69) is 16.0 Å². The molecule has 1 aliphatic heterocycles. The number of primary amides is 1. The van der Waals surface area contributed by atoms with Gasteiger partial charge in [-0.05, 0) is 61.6 Å². The second-order valence-electron chi connectivity index (χ2n) is 11.1. The molecule has 2 aromatic rings. The molecule has 0 aromatic heterocycles. The summed E-state index contributed by atoms with van der Waals surface area (Å²) in [6.07, 6.45) is -3.82. The predicted molar refractivity (Wildman–Crippen MR) is 162 cm³/mol. The van der Waals surface area contributed by atoms with Crippen LogP contribution in [0, 0.1) is 5.92 Å². The molecule has 0 aliphatic carbocycles. The Morgan fingerprint density at radius 3 is 2.13 bits per heavy atom. The van der Waals surface area contributed by atoms with Crippen molar-refractivity contribution in [1.82, 2.24) is 20.9 Å². The summed E-state index contributed by atoms with van der Waals surface area (Å²) in [6.45, 7) is 5.77. The summed E-state index contributed by atoms with van der Waals surface area (Å²) in [6, 6.07) is 11.3. The van der Waals surface area contributed by atoms with Crippen molar-refractivity contribution >= 4 is 29.6 Å². The van der Waals surface area contributed by atoms with Gasteiger partial charge in [0.2, 0.25) is 23.6 Å². The number of phenols is 1. The Balaban J connectivity index is 0.000000942. The van der Waals surface area contributed by atoms with Gasteiger partial charge in [-0.25, -0.2) is 4.79 Å². The van der Waals surface area contributed by atoms with Crippen molar-refractivity contribution in [3.8, 4) is 16.9 Å². The van der Waals surface area contributed by atoms with Gasteiger partial charge >= 0.3 is 12.1 Å². The molecular weight excluding hydrogens is 611 g/mol. The molecule has 7 N–H and O–H groups in total. The van der Waals surface area contributed by atoms with Crippen molar-refractivity contribution in [2.75, 3.05) is 13.6 Å². The number of likely N-dealkylation sites (tertiary alicyclic amines) is 1. The van der Waals surface area contributed by atoms with Crippen LogP contribution in [0.5, 0.6) is 5.75 Å². The standard InChI is InChI=1S/C29H39N5O5.C2HF3O2/c1-17(2)25(33-27(37)18(3)31-4)29(39)34-14-6-9-24(34)28(38)32-23(26(30)36)16-19-7-5-8-21(15-19)20-10-12-22(35)13-11-20;3-2(4,5)1(6)7/h5,7-8,10-13,15,17-18,23-25,31,35H,6,9,14,16H2,1-4H3,(H2,30,36)(H,32,38)(H,33,37);(H,6,7)/t18-,23-,24-,25-;/m0./s1. The number of likely N-dealkylation sites (N-methyl/N-ethyl adjacent to an activating group) is 1. The number of carboxylic acid groups (broad SMARTS) is 1. The van der Waals surface area contributed by atoms with Crippen molar-refractivity contribution in [2.24, 2.45) is 11.7 Å². The second kappa shape index (κ2) is 16.6. The molecule has 0 unspecified atom stereocenters. The lowest BCUT2D eigenvalue weighted by atomic mass is 9.98. The first-order valence-corrected chi connectivity index (χ1v) is 14.5. The average molecular weight is 652 g/mol. The highest BCUT2D eigenvalue weighted by atomic mass is 19.4. The SMILES string of the molecule is CN[C@@H](C)C(=O)N[C@H](C(=O)N1CCC[C@H]1C(=O)N[C@@H](Cc1cccc(-c2ccc(O)cc2)c1)C(N)=O)C(C)C.O=C(O)C(F)(F)F. The zero-order valence-electron chi connectivity index (χ0n) is 25.9. The minimum Gasteiger partial charge on any atom is -0.508 e. The van der Waals surface area contributed by atoms with E-state index in [1.54, 1.807) is 38.2 Å². The minimum atomic E-state index is -5.08. The molecule has 15 heteroatoms. The van der Waals surface area contributed by atoms with E-state index in [-0.39, 0.29) is 29.9 Å². The van der Waals surface area contributed by atoms with E-state index >= 15 is 0 Å². The Kier molecular flexibility index (Phi) is 13.5. The number of hydrogen-bond donors (Lipinski definition) is 6. The molecule has 12 nitrogen and oxygen atoms in total. The fourth-order valence-electron chi connectivity index (χ4n) is 4.66. The van der Waals surface area contributed by atoms with Crippen LogP contribution >= 0.6 is 0 Å². The third-order valence-electron chi connectivity index (χ3n) is 7.37. The number of benzene rings is 2. The van der Waals surface area contributed by atoms with Crippen LogP contribution in [0.4, 0.5) is 13.2 Å². The van der Waals surface area contributed by atoms with Crippen LogP contribution in [-0.4, -0.2) is 88.6 Å². The van der Waals surface area contributed by atoms with Crippen molar-refractivity contribution in [3.63, 3.8) is 0 Å². The highest BCUT2D eigenvalue weighted by molar-refractivity contribution is 5.95. The third-order valence-corrected chi connectivity index (χ3v) is 7.37. The molecule has 4 atom stereocenters. The van der Waals surface area contributed by atoms with Crippen molar-refractivity contribution in [2.45, 2.75) is 70.4 Å².